The van der Waals surface area contributed by atoms with E-state index in [1.807, 2.05) is 0 Å². The van der Waals surface area contributed by atoms with E-state index >= 15 is 0 Å². The number of methoxy groups -OCH3 is 1. The molecule has 0 spiro atoms. The standard InChI is InChI=1S/C15H8BrFO4/c1-20-8-2-3-12-9(6-8)13(18)14(19)10-4-7(16)5-11(17)15(10)21-12/h2-6H,1H3. The summed E-state index contributed by atoms with van der Waals surface area (Å²) >= 11 is 3.09. The molecule has 0 unspecified atom stereocenters. The molecule has 0 atom stereocenters. The van der Waals surface area contributed by atoms with Crippen LogP contribution in [-0.2, 0) is 0 Å². The normalized spacial score (nSPS) is 11.0. The minimum absolute atomic E-state index is 0.0473. The largest absolute Gasteiger partial charge is 0.497 e. The van der Waals surface area contributed by atoms with E-state index < -0.39 is 16.7 Å². The van der Waals surface area contributed by atoms with Crippen molar-refractivity contribution in [3.63, 3.8) is 0 Å². The van der Waals surface area contributed by atoms with Crippen LogP contribution in [0.4, 0.5) is 4.39 Å². The second-order valence-electron chi connectivity index (χ2n) is 4.39. The highest BCUT2D eigenvalue weighted by Crippen LogP contribution is 2.24. The first-order valence-corrected chi connectivity index (χ1v) is 6.74. The van der Waals surface area contributed by atoms with Crippen molar-refractivity contribution in [1.29, 1.82) is 0 Å². The summed E-state index contributed by atoms with van der Waals surface area (Å²) in [6, 6.07) is 6.97. The molecule has 3 aromatic rings. The van der Waals surface area contributed by atoms with Crippen LogP contribution in [0.15, 0.2) is 48.8 Å². The molecule has 6 heteroatoms. The van der Waals surface area contributed by atoms with Gasteiger partial charge in [0.15, 0.2) is 11.4 Å². The van der Waals surface area contributed by atoms with E-state index in [4.69, 9.17) is 9.15 Å². The molecule has 0 saturated carbocycles. The van der Waals surface area contributed by atoms with Crippen LogP contribution in [0.25, 0.3) is 21.9 Å². The molecule has 106 valence electrons. The van der Waals surface area contributed by atoms with Gasteiger partial charge in [-0.2, -0.15) is 0 Å². The average molecular weight is 351 g/mol. The fraction of sp³-hybridized carbons (Fsp3) is 0.0667. The van der Waals surface area contributed by atoms with Gasteiger partial charge in [-0.1, -0.05) is 15.9 Å². The lowest BCUT2D eigenvalue weighted by Gasteiger charge is -1.99. The molecular weight excluding hydrogens is 343 g/mol. The molecule has 0 amide bonds. The number of hydrogen-bond donors (Lipinski definition) is 0. The molecule has 1 aromatic heterocycles. The smallest absolute Gasteiger partial charge is 0.237 e. The first kappa shape index (κ1) is 13.8. The lowest BCUT2D eigenvalue weighted by molar-refractivity contribution is 0.415. The lowest BCUT2D eigenvalue weighted by atomic mass is 10.2. The Hall–Kier alpha value is -2.21. The zero-order valence-electron chi connectivity index (χ0n) is 10.8. The van der Waals surface area contributed by atoms with Crippen molar-refractivity contribution in [3.8, 4) is 5.75 Å². The maximum Gasteiger partial charge on any atom is 0.237 e. The van der Waals surface area contributed by atoms with Gasteiger partial charge in [0.25, 0.3) is 0 Å². The summed E-state index contributed by atoms with van der Waals surface area (Å²) < 4.78 is 24.8. The topological polar surface area (TPSA) is 56.5 Å². The summed E-state index contributed by atoms with van der Waals surface area (Å²) in [5.74, 6) is -0.310. The third-order valence-electron chi connectivity index (χ3n) is 3.10. The highest BCUT2D eigenvalue weighted by molar-refractivity contribution is 9.10. The van der Waals surface area contributed by atoms with Gasteiger partial charge in [-0.25, -0.2) is 4.39 Å². The Labute approximate surface area is 125 Å². The summed E-state index contributed by atoms with van der Waals surface area (Å²) in [7, 11) is 1.44. The van der Waals surface area contributed by atoms with E-state index in [0.717, 1.165) is 0 Å². The first-order chi connectivity index (χ1) is 10.0. The van der Waals surface area contributed by atoms with Gasteiger partial charge >= 0.3 is 0 Å². The molecular formula is C15H8BrFO4. The van der Waals surface area contributed by atoms with E-state index in [-0.39, 0.29) is 21.9 Å². The fourth-order valence-corrected chi connectivity index (χ4v) is 2.52. The Morgan fingerprint density at radius 1 is 1.10 bits per heavy atom. The van der Waals surface area contributed by atoms with Crippen LogP contribution in [0, 0.1) is 5.82 Å². The second kappa shape index (κ2) is 4.96. The summed E-state index contributed by atoms with van der Waals surface area (Å²) in [6.45, 7) is 0. The maximum absolute atomic E-state index is 14.0. The molecule has 21 heavy (non-hydrogen) atoms. The molecule has 0 bridgehead atoms. The Kier molecular flexibility index (Phi) is 3.25. The van der Waals surface area contributed by atoms with Crippen LogP contribution in [0.1, 0.15) is 0 Å². The van der Waals surface area contributed by atoms with Crippen LogP contribution in [0.5, 0.6) is 5.75 Å². The van der Waals surface area contributed by atoms with Gasteiger partial charge in [0.2, 0.25) is 10.9 Å². The van der Waals surface area contributed by atoms with Gasteiger partial charge < -0.3 is 9.15 Å². The molecule has 0 saturated heterocycles. The predicted molar refractivity (Wildman–Crippen MR) is 80.5 cm³/mol. The Morgan fingerprint density at radius 2 is 1.81 bits per heavy atom. The van der Waals surface area contributed by atoms with E-state index in [2.05, 4.69) is 15.9 Å². The van der Waals surface area contributed by atoms with E-state index in [1.54, 1.807) is 6.07 Å². The van der Waals surface area contributed by atoms with Crippen molar-refractivity contribution in [1.82, 2.24) is 0 Å². The predicted octanol–water partition coefficient (Wildman–Crippen LogP) is 3.22. The van der Waals surface area contributed by atoms with Crippen LogP contribution in [0.2, 0.25) is 0 Å². The third-order valence-corrected chi connectivity index (χ3v) is 3.56. The number of ether oxygens (including phenoxy) is 1. The number of fused-ring (bicyclic) bond motifs is 2. The van der Waals surface area contributed by atoms with Crippen LogP contribution in [0.3, 0.4) is 0 Å². The molecule has 3 rings (SSSR count). The number of halogens is 2. The average Bonchev–Trinajstić information content (AvgIpc) is 2.57. The zero-order chi connectivity index (χ0) is 15.1. The molecule has 0 radical (unpaired) electrons. The van der Waals surface area contributed by atoms with E-state index in [1.165, 1.54) is 31.4 Å². The van der Waals surface area contributed by atoms with Crippen LogP contribution >= 0.6 is 15.9 Å². The quantitative estimate of drug-likeness (QED) is 0.632. The monoisotopic (exact) mass is 350 g/mol. The van der Waals surface area contributed by atoms with Crippen molar-refractivity contribution >= 4 is 37.9 Å². The maximum atomic E-state index is 14.0. The molecule has 0 aliphatic rings. The first-order valence-electron chi connectivity index (χ1n) is 5.95. The minimum Gasteiger partial charge on any atom is -0.497 e. The molecule has 0 fully saturated rings. The van der Waals surface area contributed by atoms with Gasteiger partial charge in [0.05, 0.1) is 17.9 Å². The zero-order valence-corrected chi connectivity index (χ0v) is 12.4. The van der Waals surface area contributed by atoms with Crippen molar-refractivity contribution in [2.75, 3.05) is 7.11 Å². The van der Waals surface area contributed by atoms with Crippen LogP contribution < -0.4 is 15.6 Å². The summed E-state index contributed by atoms with van der Waals surface area (Å²) in [5.41, 5.74) is -1.72. The van der Waals surface area contributed by atoms with Crippen molar-refractivity contribution < 1.29 is 13.5 Å². The van der Waals surface area contributed by atoms with Gasteiger partial charge in [0, 0.05) is 4.47 Å². The number of hydrogen-bond acceptors (Lipinski definition) is 4. The lowest BCUT2D eigenvalue weighted by Crippen LogP contribution is -2.21. The summed E-state index contributed by atoms with van der Waals surface area (Å²) in [6.07, 6.45) is 0. The number of rotatable bonds is 1. The summed E-state index contributed by atoms with van der Waals surface area (Å²) in [5, 5.41) is -0.0619. The number of benzene rings is 2. The molecule has 4 nitrogen and oxygen atoms in total. The highest BCUT2D eigenvalue weighted by atomic mass is 79.9. The van der Waals surface area contributed by atoms with Gasteiger partial charge in [0.1, 0.15) is 11.3 Å². The molecule has 2 aromatic carbocycles. The fourth-order valence-electron chi connectivity index (χ4n) is 2.09. The van der Waals surface area contributed by atoms with Crippen molar-refractivity contribution in [3.05, 3.63) is 61.1 Å². The summed E-state index contributed by atoms with van der Waals surface area (Å²) in [4.78, 5) is 24.5. The molecule has 0 N–H and O–H groups in total. The van der Waals surface area contributed by atoms with E-state index in [0.29, 0.717) is 10.2 Å². The second-order valence-corrected chi connectivity index (χ2v) is 5.30. The van der Waals surface area contributed by atoms with Crippen molar-refractivity contribution in [2.45, 2.75) is 0 Å². The third kappa shape index (κ3) is 2.21. The molecule has 0 aliphatic carbocycles. The van der Waals surface area contributed by atoms with Crippen LogP contribution in [-0.4, -0.2) is 7.11 Å². The highest BCUT2D eigenvalue weighted by Gasteiger charge is 2.13. The molecule has 0 aliphatic heterocycles. The van der Waals surface area contributed by atoms with E-state index in [9.17, 15) is 14.0 Å². The Balaban J connectivity index is 2.65. The van der Waals surface area contributed by atoms with Crippen molar-refractivity contribution in [2.24, 2.45) is 0 Å². The Morgan fingerprint density at radius 3 is 2.52 bits per heavy atom. The molecule has 1 heterocycles. The van der Waals surface area contributed by atoms with Gasteiger partial charge in [-0.15, -0.1) is 0 Å². The van der Waals surface area contributed by atoms with Gasteiger partial charge in [-0.05, 0) is 30.3 Å². The minimum atomic E-state index is -0.822. The Bertz CT molecular complexity index is 994. The van der Waals surface area contributed by atoms with Gasteiger partial charge in [-0.3, -0.25) is 9.59 Å². The SMILES string of the molecule is COc1ccc2oc3c(F)cc(Br)cc3c(=O)c(=O)c2c1.